The predicted octanol–water partition coefficient (Wildman–Crippen LogP) is 16.4. The van der Waals surface area contributed by atoms with Crippen LogP contribution in [0.5, 0.6) is 0 Å². The van der Waals surface area contributed by atoms with Gasteiger partial charge in [-0.1, -0.05) is 184 Å². The van der Waals surface area contributed by atoms with Gasteiger partial charge in [-0.3, -0.25) is 0 Å². The van der Waals surface area contributed by atoms with Gasteiger partial charge in [0.05, 0.1) is 0 Å². The minimum Gasteiger partial charge on any atom is -0.311 e. The van der Waals surface area contributed by atoms with Crippen molar-refractivity contribution in [2.24, 2.45) is 0 Å². The molecule has 0 N–H and O–H groups in total. The van der Waals surface area contributed by atoms with E-state index in [-0.39, 0.29) is 5.41 Å². The van der Waals surface area contributed by atoms with Crippen molar-refractivity contribution in [3.63, 3.8) is 0 Å². The first-order valence-electron chi connectivity index (χ1n) is 21.1. The summed E-state index contributed by atoms with van der Waals surface area (Å²) >= 11 is 0. The van der Waals surface area contributed by atoms with E-state index in [0.29, 0.717) is 0 Å². The maximum atomic E-state index is 2.39. The van der Waals surface area contributed by atoms with Crippen LogP contribution in [-0.2, 0) is 5.41 Å². The van der Waals surface area contributed by atoms with E-state index in [1.54, 1.807) is 0 Å². The van der Waals surface area contributed by atoms with E-state index in [4.69, 9.17) is 0 Å². The first-order valence-corrected chi connectivity index (χ1v) is 21.1. The van der Waals surface area contributed by atoms with Crippen molar-refractivity contribution < 1.29 is 0 Å². The lowest BCUT2D eigenvalue weighted by atomic mass is 9.82. The van der Waals surface area contributed by atoms with Gasteiger partial charge in [0.15, 0.2) is 0 Å². The maximum Gasteiger partial charge on any atom is 0.0465 e. The summed E-state index contributed by atoms with van der Waals surface area (Å²) in [6.07, 6.45) is 4.37. The van der Waals surface area contributed by atoms with E-state index in [2.05, 4.69) is 266 Å². The SMILES string of the molecule is CC1(C)c2ccccc2-c2ccc(N(c3ccccc3)c3ccc(-c4ccc(/C=C/c5ccc(-c6ccc(N(c7ccccc7)c7ccccc7)cc6)cc5)cc4)cc3)cc21. The van der Waals surface area contributed by atoms with Gasteiger partial charge < -0.3 is 9.80 Å². The van der Waals surface area contributed by atoms with E-state index in [0.717, 1.165) is 34.1 Å². The Balaban J connectivity index is 0.833. The molecule has 0 aliphatic heterocycles. The molecule has 0 radical (unpaired) electrons. The normalized spacial score (nSPS) is 12.5. The van der Waals surface area contributed by atoms with Gasteiger partial charge in [0.1, 0.15) is 0 Å². The molecule has 10 rings (SSSR count). The molecule has 2 heteroatoms. The predicted molar refractivity (Wildman–Crippen MR) is 260 cm³/mol. The monoisotopic (exact) mass is 782 g/mol. The first kappa shape index (κ1) is 37.6. The minimum atomic E-state index is -0.0655. The molecule has 2 nitrogen and oxygen atoms in total. The fourth-order valence-electron chi connectivity index (χ4n) is 8.83. The summed E-state index contributed by atoms with van der Waals surface area (Å²) in [4.78, 5) is 4.65. The van der Waals surface area contributed by atoms with Crippen LogP contribution >= 0.6 is 0 Å². The lowest BCUT2D eigenvalue weighted by molar-refractivity contribution is 0.660. The summed E-state index contributed by atoms with van der Waals surface area (Å²) in [5, 5.41) is 0. The number of benzene rings is 9. The van der Waals surface area contributed by atoms with Crippen LogP contribution in [0.2, 0.25) is 0 Å². The van der Waals surface area contributed by atoms with Gasteiger partial charge in [0.25, 0.3) is 0 Å². The molecule has 292 valence electrons. The highest BCUT2D eigenvalue weighted by Gasteiger charge is 2.35. The Morgan fingerprint density at radius 3 is 1.07 bits per heavy atom. The van der Waals surface area contributed by atoms with Crippen molar-refractivity contribution in [3.8, 4) is 33.4 Å². The number of anilines is 6. The lowest BCUT2D eigenvalue weighted by Gasteiger charge is -2.28. The first-order chi connectivity index (χ1) is 30.0. The zero-order valence-corrected chi connectivity index (χ0v) is 34.5. The van der Waals surface area contributed by atoms with Crippen molar-refractivity contribution in [3.05, 3.63) is 253 Å². The Hall–Kier alpha value is -7.68. The quantitative estimate of drug-likeness (QED) is 0.128. The molecule has 0 amide bonds. The Kier molecular flexibility index (Phi) is 9.96. The summed E-state index contributed by atoms with van der Waals surface area (Å²) < 4.78 is 0. The number of para-hydroxylation sites is 3. The van der Waals surface area contributed by atoms with Crippen LogP contribution in [0.3, 0.4) is 0 Å². The molecule has 1 aliphatic carbocycles. The van der Waals surface area contributed by atoms with Gasteiger partial charge in [-0.2, -0.15) is 0 Å². The van der Waals surface area contributed by atoms with E-state index in [1.165, 1.54) is 55.6 Å². The van der Waals surface area contributed by atoms with Crippen LogP contribution in [0.15, 0.2) is 231 Å². The van der Waals surface area contributed by atoms with Crippen LogP contribution in [0, 0.1) is 0 Å². The van der Waals surface area contributed by atoms with Crippen molar-refractivity contribution in [1.29, 1.82) is 0 Å². The van der Waals surface area contributed by atoms with Gasteiger partial charge in [-0.15, -0.1) is 0 Å². The third-order valence-corrected chi connectivity index (χ3v) is 12.1. The summed E-state index contributed by atoms with van der Waals surface area (Å²) in [6.45, 7) is 4.68. The number of hydrogen-bond acceptors (Lipinski definition) is 2. The zero-order chi connectivity index (χ0) is 41.2. The van der Waals surface area contributed by atoms with Gasteiger partial charge in [-0.25, -0.2) is 0 Å². The third-order valence-electron chi connectivity index (χ3n) is 12.1. The highest BCUT2D eigenvalue weighted by atomic mass is 15.1. The Morgan fingerprint density at radius 2 is 0.623 bits per heavy atom. The lowest BCUT2D eigenvalue weighted by Crippen LogP contribution is -2.16. The smallest absolute Gasteiger partial charge is 0.0465 e. The number of nitrogens with zero attached hydrogens (tertiary/aromatic N) is 2. The van der Waals surface area contributed by atoms with E-state index >= 15 is 0 Å². The average molecular weight is 783 g/mol. The summed E-state index contributed by atoms with van der Waals surface area (Å²) in [7, 11) is 0. The molecule has 0 unspecified atom stereocenters. The van der Waals surface area contributed by atoms with Gasteiger partial charge in [0, 0.05) is 39.5 Å². The van der Waals surface area contributed by atoms with E-state index in [9.17, 15) is 0 Å². The number of rotatable bonds is 10. The minimum absolute atomic E-state index is 0.0655. The highest BCUT2D eigenvalue weighted by molar-refractivity contribution is 5.86. The highest BCUT2D eigenvalue weighted by Crippen LogP contribution is 2.50. The van der Waals surface area contributed by atoms with Gasteiger partial charge in [0.2, 0.25) is 0 Å². The van der Waals surface area contributed by atoms with Gasteiger partial charge >= 0.3 is 0 Å². The largest absolute Gasteiger partial charge is 0.311 e. The van der Waals surface area contributed by atoms with E-state index < -0.39 is 0 Å². The number of hydrogen-bond donors (Lipinski definition) is 0. The molecule has 0 atom stereocenters. The van der Waals surface area contributed by atoms with Crippen molar-refractivity contribution >= 4 is 46.3 Å². The molecule has 0 aromatic heterocycles. The zero-order valence-electron chi connectivity index (χ0n) is 34.5. The summed E-state index contributed by atoms with van der Waals surface area (Å²) in [5.74, 6) is 0. The molecular weight excluding hydrogens is 737 g/mol. The van der Waals surface area contributed by atoms with Crippen LogP contribution in [0.4, 0.5) is 34.1 Å². The third kappa shape index (κ3) is 7.45. The molecule has 61 heavy (non-hydrogen) atoms. The van der Waals surface area contributed by atoms with Crippen LogP contribution in [0.1, 0.15) is 36.1 Å². The van der Waals surface area contributed by atoms with Crippen molar-refractivity contribution in [2.45, 2.75) is 19.3 Å². The molecule has 0 saturated carbocycles. The van der Waals surface area contributed by atoms with Crippen LogP contribution in [-0.4, -0.2) is 0 Å². The molecule has 0 saturated heterocycles. The molecule has 9 aromatic carbocycles. The topological polar surface area (TPSA) is 6.48 Å². The van der Waals surface area contributed by atoms with Crippen LogP contribution in [0.25, 0.3) is 45.5 Å². The van der Waals surface area contributed by atoms with Crippen molar-refractivity contribution in [2.75, 3.05) is 9.80 Å². The Bertz CT molecular complexity index is 2890. The van der Waals surface area contributed by atoms with Crippen molar-refractivity contribution in [1.82, 2.24) is 0 Å². The fraction of sp³-hybridized carbons (Fsp3) is 0.0508. The average Bonchev–Trinajstić information content (AvgIpc) is 3.55. The molecule has 0 heterocycles. The fourth-order valence-corrected chi connectivity index (χ4v) is 8.83. The standard InChI is InChI=1S/C59H46N2/c1-59(2)57-21-13-12-20-55(57)56-41-40-54(42-58(56)59)61(51-18-10-5-11-19-51)53-38-34-48(35-39-53)46-30-26-44(27-31-46)23-22-43-24-28-45(29-25-43)47-32-36-52(37-33-47)60(49-14-6-3-7-15-49)50-16-8-4-9-17-50/h3-42H,1-2H3/b23-22+. The molecular formula is C59H46N2. The summed E-state index contributed by atoms with van der Waals surface area (Å²) in [6, 6.07) is 82.9. The second-order valence-electron chi connectivity index (χ2n) is 16.2. The van der Waals surface area contributed by atoms with Gasteiger partial charge in [-0.05, 0) is 128 Å². The summed E-state index contributed by atoms with van der Waals surface area (Å²) in [5.41, 5.74) is 19.3. The van der Waals surface area contributed by atoms with E-state index in [1.807, 2.05) is 0 Å². The Morgan fingerprint density at radius 1 is 0.295 bits per heavy atom. The van der Waals surface area contributed by atoms with Crippen LogP contribution < -0.4 is 9.80 Å². The molecule has 0 fully saturated rings. The molecule has 1 aliphatic rings. The molecule has 9 aromatic rings. The Labute approximate surface area is 360 Å². The second-order valence-corrected chi connectivity index (χ2v) is 16.2. The second kappa shape index (κ2) is 16.2. The maximum absolute atomic E-state index is 2.39. The number of fused-ring (bicyclic) bond motifs is 3. The molecule has 0 bridgehead atoms. The molecule has 0 spiro atoms.